The molecule has 1 amide bonds. The van der Waals surface area contributed by atoms with E-state index in [1.54, 1.807) is 42.6 Å². The molecule has 0 spiro atoms. The van der Waals surface area contributed by atoms with E-state index in [1.807, 2.05) is 10.8 Å². The smallest absolute Gasteiger partial charge is 0.353 e. The number of aromatic amines is 1. The molecule has 4 aromatic carbocycles. The first-order chi connectivity index (χ1) is 32.1. The first-order valence-electron chi connectivity index (χ1n) is 20.6. The fourth-order valence-corrected chi connectivity index (χ4v) is 9.15. The van der Waals surface area contributed by atoms with Crippen molar-refractivity contribution in [3.63, 3.8) is 0 Å². The fraction of sp³-hybridized carbons (Fsp3) is 0.200. The number of rotatable bonds is 10. The first-order valence-corrected chi connectivity index (χ1v) is 22.4. The monoisotopic (exact) mass is 967 g/mol. The highest BCUT2D eigenvalue weighted by atomic mass is 32.2. The van der Waals surface area contributed by atoms with Crippen molar-refractivity contribution in [1.29, 1.82) is 0 Å². The molecule has 4 aromatic heterocycles. The Balaban J connectivity index is 0.000000199. The molecule has 6 heterocycles. The molecule has 8 aromatic rings. The van der Waals surface area contributed by atoms with Gasteiger partial charge in [0.15, 0.2) is 0 Å². The van der Waals surface area contributed by atoms with Gasteiger partial charge in [-0.15, -0.1) is 0 Å². The number of H-pyrrole nitrogens is 1. The number of fused-ring (bicyclic) bond motifs is 6. The molecule has 0 atom stereocenters. The Bertz CT molecular complexity index is 3510. The topological polar surface area (TPSA) is 184 Å². The summed E-state index contributed by atoms with van der Waals surface area (Å²) in [6, 6.07) is 19.7. The number of nitrogens with zero attached hydrogens (tertiary/aromatic N) is 3. The Hall–Kier alpha value is -7.93. The SMILES string of the molecule is C.C.COc1ncccc1-c1c(C(=O)O)n(Cc2cc(F)ccc2F)c2ccc3c(c12)OCC3.CS(=O)(=O)NC(=O)c1c(-c2ccc[nH]c2=O)c2c3c(ccc2n1Cc1cc(F)ccc1F)CCO3. The van der Waals surface area contributed by atoms with Crippen molar-refractivity contribution in [3.8, 4) is 39.6 Å². The van der Waals surface area contributed by atoms with Crippen LogP contribution in [0.1, 0.15) is 58.1 Å². The summed E-state index contributed by atoms with van der Waals surface area (Å²) in [5, 5.41) is 11.2. The number of hydrogen-bond donors (Lipinski definition) is 3. The maximum atomic E-state index is 14.6. The predicted molar refractivity (Wildman–Crippen MR) is 252 cm³/mol. The van der Waals surface area contributed by atoms with E-state index in [9.17, 15) is 45.5 Å². The van der Waals surface area contributed by atoms with E-state index in [0.29, 0.717) is 70.5 Å². The van der Waals surface area contributed by atoms with Gasteiger partial charge < -0.3 is 33.4 Å². The van der Waals surface area contributed by atoms with Crippen molar-refractivity contribution in [2.24, 2.45) is 0 Å². The molecule has 0 aliphatic carbocycles. The second-order valence-corrected chi connectivity index (χ2v) is 17.4. The van der Waals surface area contributed by atoms with Crippen LogP contribution < -0.4 is 24.5 Å². The van der Waals surface area contributed by atoms with Crippen LogP contribution in [0.3, 0.4) is 0 Å². The average molecular weight is 968 g/mol. The van der Waals surface area contributed by atoms with Gasteiger partial charge in [0.1, 0.15) is 46.2 Å². The summed E-state index contributed by atoms with van der Waals surface area (Å²) in [6.45, 7) is 0.372. The number of amides is 1. The van der Waals surface area contributed by atoms with Crippen LogP contribution >= 0.6 is 0 Å². The van der Waals surface area contributed by atoms with Gasteiger partial charge in [-0.3, -0.25) is 9.59 Å². The minimum Gasteiger partial charge on any atom is -0.492 e. The number of benzene rings is 4. The molecule has 14 nitrogen and oxygen atoms in total. The van der Waals surface area contributed by atoms with Crippen molar-refractivity contribution in [1.82, 2.24) is 23.8 Å². The van der Waals surface area contributed by atoms with E-state index in [2.05, 4.69) is 9.97 Å². The maximum Gasteiger partial charge on any atom is 0.353 e. The van der Waals surface area contributed by atoms with Crippen LogP contribution in [-0.2, 0) is 36.0 Å². The van der Waals surface area contributed by atoms with Gasteiger partial charge in [0.25, 0.3) is 11.5 Å². The molecule has 0 fully saturated rings. The minimum absolute atomic E-state index is 0. The molecule has 0 bridgehead atoms. The maximum absolute atomic E-state index is 14.6. The molecule has 0 unspecified atom stereocenters. The Morgan fingerprint density at radius 1 is 0.768 bits per heavy atom. The molecule has 69 heavy (non-hydrogen) atoms. The van der Waals surface area contributed by atoms with E-state index < -0.39 is 50.7 Å². The van der Waals surface area contributed by atoms with Gasteiger partial charge in [-0.25, -0.2) is 40.5 Å². The van der Waals surface area contributed by atoms with Gasteiger partial charge in [0.05, 0.1) is 67.0 Å². The van der Waals surface area contributed by atoms with E-state index in [-0.39, 0.29) is 67.5 Å². The molecule has 19 heteroatoms. The Morgan fingerprint density at radius 2 is 1.29 bits per heavy atom. The lowest BCUT2D eigenvalue weighted by molar-refractivity contribution is 0.0686. The number of methoxy groups -OCH3 is 1. The molecule has 0 saturated carbocycles. The van der Waals surface area contributed by atoms with Crippen molar-refractivity contribution in [2.45, 2.75) is 40.8 Å². The van der Waals surface area contributed by atoms with E-state index in [1.165, 1.54) is 28.5 Å². The summed E-state index contributed by atoms with van der Waals surface area (Å²) in [4.78, 5) is 45.5. The van der Waals surface area contributed by atoms with Crippen LogP contribution in [0.25, 0.3) is 44.1 Å². The van der Waals surface area contributed by atoms with Gasteiger partial charge in [-0.2, -0.15) is 0 Å². The lowest BCUT2D eigenvalue weighted by atomic mass is 10.00. The third kappa shape index (κ3) is 9.12. The first kappa shape index (κ1) is 49.0. The van der Waals surface area contributed by atoms with Gasteiger partial charge in [-0.1, -0.05) is 27.0 Å². The molecule has 2 aliphatic rings. The number of sulfonamides is 1. The fourth-order valence-electron chi connectivity index (χ4n) is 8.72. The van der Waals surface area contributed by atoms with E-state index in [0.717, 1.165) is 53.8 Å². The summed E-state index contributed by atoms with van der Waals surface area (Å²) in [7, 11) is -2.55. The quantitative estimate of drug-likeness (QED) is 0.112. The molecule has 358 valence electrons. The second kappa shape index (κ2) is 19.4. The Morgan fingerprint density at radius 3 is 1.80 bits per heavy atom. The second-order valence-electron chi connectivity index (χ2n) is 15.7. The van der Waals surface area contributed by atoms with Gasteiger partial charge in [0, 0.05) is 53.1 Å². The number of nitrogens with one attached hydrogen (secondary N) is 2. The number of ether oxygens (including phenoxy) is 3. The lowest BCUT2D eigenvalue weighted by Crippen LogP contribution is -2.32. The number of aromatic carboxylic acids is 1. The lowest BCUT2D eigenvalue weighted by Gasteiger charge is -2.13. The van der Waals surface area contributed by atoms with Crippen molar-refractivity contribution in [2.75, 3.05) is 26.6 Å². The number of carbonyl (C=O) groups is 2. The van der Waals surface area contributed by atoms with Crippen LogP contribution in [0.15, 0.2) is 102 Å². The third-order valence-electron chi connectivity index (χ3n) is 11.5. The highest BCUT2D eigenvalue weighted by Crippen LogP contribution is 2.47. The molecule has 2 aliphatic heterocycles. The highest BCUT2D eigenvalue weighted by molar-refractivity contribution is 7.89. The van der Waals surface area contributed by atoms with E-state index >= 15 is 0 Å². The standard InChI is InChI=1S/C24H19F2N3O5S.C24H18F2N2O4.2CH4/c1-35(32,33)28-24(31)21-19(16-3-2-9-27-23(16)30)20-18(7-4-13-8-10-34-22(13)20)29(21)12-14-11-15(25)5-6-17(14)26;1-31-23-16(3-2-9-27-23)19-20-18(7-4-13-8-10-32-22(13)20)28(21(19)24(29)30)12-14-11-15(25)5-6-17(14)26;;/h2-7,9,11H,8,10,12H2,1H3,(H,27,30)(H,28,31);2-7,9,11H,8,10,12H2,1H3,(H,29,30);2*1H4. The van der Waals surface area contributed by atoms with Crippen molar-refractivity contribution in [3.05, 3.63) is 165 Å². The number of halogens is 4. The highest BCUT2D eigenvalue weighted by Gasteiger charge is 2.33. The summed E-state index contributed by atoms with van der Waals surface area (Å²) in [5.41, 5.74) is 2.97. The van der Waals surface area contributed by atoms with Crippen molar-refractivity contribution < 1.29 is 54.9 Å². The molecule has 0 radical (unpaired) electrons. The van der Waals surface area contributed by atoms with Crippen LogP contribution in [0.4, 0.5) is 17.6 Å². The largest absolute Gasteiger partial charge is 0.492 e. The summed E-state index contributed by atoms with van der Waals surface area (Å²) >= 11 is 0. The number of pyridine rings is 2. The van der Waals surface area contributed by atoms with Crippen LogP contribution in [0.5, 0.6) is 17.4 Å². The zero-order valence-electron chi connectivity index (χ0n) is 35.5. The van der Waals surface area contributed by atoms with Crippen LogP contribution in [0, 0.1) is 23.3 Å². The number of hydrogen-bond acceptors (Lipinski definition) is 9. The summed E-state index contributed by atoms with van der Waals surface area (Å²) in [6.07, 6.45) is 5.08. The zero-order chi connectivity index (χ0) is 47.3. The number of carboxylic acids is 1. The average Bonchev–Trinajstić information content (AvgIpc) is 4.10. The number of carbonyl (C=O) groups excluding carboxylic acids is 1. The van der Waals surface area contributed by atoms with Gasteiger partial charge >= 0.3 is 5.97 Å². The van der Waals surface area contributed by atoms with Crippen molar-refractivity contribution >= 4 is 43.7 Å². The molecular formula is C50H45F4N5O9S. The molecular weight excluding hydrogens is 923 g/mol. The number of carboxylic acid groups (broad SMARTS) is 1. The van der Waals surface area contributed by atoms with Crippen LogP contribution in [0.2, 0.25) is 0 Å². The van der Waals surface area contributed by atoms with E-state index in [4.69, 9.17) is 14.2 Å². The molecule has 0 saturated heterocycles. The van der Waals surface area contributed by atoms with Gasteiger partial charge in [-0.05, 0) is 83.9 Å². The van der Waals surface area contributed by atoms with Gasteiger partial charge in [0.2, 0.25) is 15.9 Å². The summed E-state index contributed by atoms with van der Waals surface area (Å²) in [5.74, 6) is -3.56. The zero-order valence-corrected chi connectivity index (χ0v) is 36.3. The Kier molecular flexibility index (Phi) is 13.7. The third-order valence-corrected chi connectivity index (χ3v) is 12.0. The molecule has 3 N–H and O–H groups in total. The van der Waals surface area contributed by atoms with Crippen LogP contribution in [-0.4, -0.2) is 71.1 Å². The summed E-state index contributed by atoms with van der Waals surface area (Å²) < 4.78 is 103. The molecule has 10 rings (SSSR count). The normalized spacial score (nSPS) is 12.4. The number of aromatic nitrogens is 4. The Labute approximate surface area is 392 Å². The predicted octanol–water partition coefficient (Wildman–Crippen LogP) is 8.89. The minimum atomic E-state index is -4.00.